The maximum atomic E-state index is 5.67. The number of hydrogen-bond donors (Lipinski definition) is 2. The van der Waals surface area contributed by atoms with Gasteiger partial charge in [0.1, 0.15) is 0 Å². The molecule has 0 aromatic carbocycles. The van der Waals surface area contributed by atoms with Crippen molar-refractivity contribution >= 4 is 16.5 Å². The number of aryl methyl sites for hydroxylation is 1. The summed E-state index contributed by atoms with van der Waals surface area (Å²) in [5.41, 5.74) is 6.83. The average molecular weight is 197 g/mol. The van der Waals surface area contributed by atoms with Crippen molar-refractivity contribution in [3.63, 3.8) is 0 Å². The van der Waals surface area contributed by atoms with Crippen molar-refractivity contribution in [3.8, 4) is 0 Å². The van der Waals surface area contributed by atoms with Gasteiger partial charge in [0.2, 0.25) is 0 Å². The van der Waals surface area contributed by atoms with Crippen LogP contribution in [-0.2, 0) is 0 Å². The second-order valence-electron chi connectivity index (χ2n) is 3.50. The topological polar surface area (TPSA) is 50.9 Å². The lowest BCUT2D eigenvalue weighted by Crippen LogP contribution is -2.27. The highest BCUT2D eigenvalue weighted by Gasteiger charge is 2.19. The van der Waals surface area contributed by atoms with Crippen LogP contribution in [0.4, 0.5) is 5.13 Å². The van der Waals surface area contributed by atoms with Crippen LogP contribution in [0, 0.1) is 6.92 Å². The Kier molecular flexibility index (Phi) is 2.51. The normalized spacial score (nSPS) is 23.3. The van der Waals surface area contributed by atoms with Crippen molar-refractivity contribution in [2.24, 2.45) is 0 Å². The molecule has 3 nitrogen and oxygen atoms in total. The smallest absolute Gasteiger partial charge is 0.180 e. The molecule has 1 aromatic rings. The molecule has 3 N–H and O–H groups in total. The molecular formula is C9H15N3S. The standard InChI is InChI=1S/C9H15N3S/c1-6-8(12-9(10)13-6)7-4-2-3-5-11-7/h7,11H,2-5H2,1H3,(H2,10,12). The van der Waals surface area contributed by atoms with Crippen LogP contribution < -0.4 is 11.1 Å². The summed E-state index contributed by atoms with van der Waals surface area (Å²) in [6.07, 6.45) is 3.79. The number of piperidine rings is 1. The van der Waals surface area contributed by atoms with E-state index in [1.54, 1.807) is 11.3 Å². The Balaban J connectivity index is 2.18. The van der Waals surface area contributed by atoms with Gasteiger partial charge in [-0.25, -0.2) is 4.98 Å². The second-order valence-corrected chi connectivity index (χ2v) is 4.73. The molecule has 0 bridgehead atoms. The van der Waals surface area contributed by atoms with Crippen molar-refractivity contribution in [2.45, 2.75) is 32.2 Å². The van der Waals surface area contributed by atoms with E-state index in [0.717, 1.165) is 6.54 Å². The highest BCUT2D eigenvalue weighted by atomic mass is 32.1. The zero-order valence-electron chi connectivity index (χ0n) is 7.84. The molecule has 1 saturated heterocycles. The number of anilines is 1. The lowest BCUT2D eigenvalue weighted by Gasteiger charge is -2.22. The Hall–Kier alpha value is -0.610. The van der Waals surface area contributed by atoms with Crippen LogP contribution in [-0.4, -0.2) is 11.5 Å². The SMILES string of the molecule is Cc1sc(N)nc1C1CCCCN1. The molecule has 1 aliphatic rings. The average Bonchev–Trinajstić information content (AvgIpc) is 2.47. The summed E-state index contributed by atoms with van der Waals surface area (Å²) >= 11 is 1.59. The monoisotopic (exact) mass is 197 g/mol. The van der Waals surface area contributed by atoms with E-state index in [4.69, 9.17) is 5.73 Å². The van der Waals surface area contributed by atoms with Crippen molar-refractivity contribution in [3.05, 3.63) is 10.6 Å². The molecule has 2 heterocycles. The highest BCUT2D eigenvalue weighted by Crippen LogP contribution is 2.29. The summed E-state index contributed by atoms with van der Waals surface area (Å²) in [6.45, 7) is 3.21. The van der Waals surface area contributed by atoms with Crippen molar-refractivity contribution in [2.75, 3.05) is 12.3 Å². The first-order chi connectivity index (χ1) is 6.27. The van der Waals surface area contributed by atoms with Crippen LogP contribution in [0.3, 0.4) is 0 Å². The van der Waals surface area contributed by atoms with Crippen molar-refractivity contribution < 1.29 is 0 Å². The number of nitrogens with one attached hydrogen (secondary N) is 1. The fourth-order valence-corrected chi connectivity index (χ4v) is 2.59. The minimum atomic E-state index is 0.447. The van der Waals surface area contributed by atoms with Crippen LogP contribution in [0.2, 0.25) is 0 Å². The van der Waals surface area contributed by atoms with E-state index < -0.39 is 0 Å². The Morgan fingerprint density at radius 1 is 1.54 bits per heavy atom. The number of thiazole rings is 1. The molecule has 1 atom stereocenters. The third-order valence-corrected chi connectivity index (χ3v) is 3.31. The fourth-order valence-electron chi connectivity index (χ4n) is 1.84. The number of nitrogens with zero attached hydrogens (tertiary/aromatic N) is 1. The molecule has 72 valence electrons. The number of aromatic nitrogens is 1. The third kappa shape index (κ3) is 1.84. The first kappa shape index (κ1) is 8.97. The lowest BCUT2D eigenvalue weighted by molar-refractivity contribution is 0.405. The van der Waals surface area contributed by atoms with Crippen molar-refractivity contribution in [1.82, 2.24) is 10.3 Å². The van der Waals surface area contributed by atoms with Crippen LogP contribution >= 0.6 is 11.3 Å². The molecule has 0 saturated carbocycles. The van der Waals surface area contributed by atoms with E-state index in [0.29, 0.717) is 11.2 Å². The van der Waals surface area contributed by atoms with Crippen LogP contribution in [0.25, 0.3) is 0 Å². The van der Waals surface area contributed by atoms with Gasteiger partial charge in [-0.1, -0.05) is 6.42 Å². The maximum absolute atomic E-state index is 5.67. The van der Waals surface area contributed by atoms with Gasteiger partial charge < -0.3 is 11.1 Å². The molecule has 13 heavy (non-hydrogen) atoms. The van der Waals surface area contributed by atoms with Gasteiger partial charge >= 0.3 is 0 Å². The Morgan fingerprint density at radius 3 is 2.92 bits per heavy atom. The van der Waals surface area contributed by atoms with Gasteiger partial charge in [0.05, 0.1) is 11.7 Å². The summed E-state index contributed by atoms with van der Waals surface area (Å²) in [7, 11) is 0. The first-order valence-corrected chi connectivity index (χ1v) is 5.55. The number of nitrogens with two attached hydrogens (primary N) is 1. The molecule has 4 heteroatoms. The second kappa shape index (κ2) is 3.64. The molecule has 1 aromatic heterocycles. The molecule has 1 aliphatic heterocycles. The zero-order valence-corrected chi connectivity index (χ0v) is 8.66. The third-order valence-electron chi connectivity index (χ3n) is 2.49. The Labute approximate surface area is 82.4 Å². The minimum absolute atomic E-state index is 0.447. The molecule has 0 spiro atoms. The summed E-state index contributed by atoms with van der Waals surface area (Å²) in [5.74, 6) is 0. The summed E-state index contributed by atoms with van der Waals surface area (Å²) < 4.78 is 0. The van der Waals surface area contributed by atoms with E-state index in [2.05, 4.69) is 17.2 Å². The van der Waals surface area contributed by atoms with Gasteiger partial charge in [0.15, 0.2) is 5.13 Å². The largest absolute Gasteiger partial charge is 0.375 e. The van der Waals surface area contributed by atoms with E-state index in [1.807, 2.05) is 0 Å². The summed E-state index contributed by atoms with van der Waals surface area (Å²) in [6, 6.07) is 0.447. The summed E-state index contributed by atoms with van der Waals surface area (Å²) in [4.78, 5) is 5.63. The maximum Gasteiger partial charge on any atom is 0.180 e. The van der Waals surface area contributed by atoms with E-state index >= 15 is 0 Å². The molecule has 0 amide bonds. The molecule has 1 unspecified atom stereocenters. The summed E-state index contributed by atoms with van der Waals surface area (Å²) in [5, 5.41) is 4.17. The van der Waals surface area contributed by atoms with Gasteiger partial charge in [0, 0.05) is 4.88 Å². The minimum Gasteiger partial charge on any atom is -0.375 e. The van der Waals surface area contributed by atoms with Crippen LogP contribution in [0.5, 0.6) is 0 Å². The highest BCUT2D eigenvalue weighted by molar-refractivity contribution is 7.15. The predicted octanol–water partition coefficient (Wildman–Crippen LogP) is 1.85. The van der Waals surface area contributed by atoms with Gasteiger partial charge in [-0.05, 0) is 26.3 Å². The lowest BCUT2D eigenvalue weighted by atomic mass is 10.0. The van der Waals surface area contributed by atoms with E-state index in [1.165, 1.54) is 29.8 Å². The number of hydrogen-bond acceptors (Lipinski definition) is 4. The van der Waals surface area contributed by atoms with Crippen LogP contribution in [0.15, 0.2) is 0 Å². The Morgan fingerprint density at radius 2 is 2.38 bits per heavy atom. The molecule has 1 fully saturated rings. The van der Waals surface area contributed by atoms with Gasteiger partial charge in [-0.2, -0.15) is 0 Å². The van der Waals surface area contributed by atoms with E-state index in [9.17, 15) is 0 Å². The molecular weight excluding hydrogens is 182 g/mol. The zero-order chi connectivity index (χ0) is 9.26. The number of rotatable bonds is 1. The molecule has 2 rings (SSSR count). The van der Waals surface area contributed by atoms with E-state index in [-0.39, 0.29) is 0 Å². The molecule has 0 radical (unpaired) electrons. The quantitative estimate of drug-likeness (QED) is 0.722. The predicted molar refractivity (Wildman–Crippen MR) is 55.9 cm³/mol. The Bertz CT molecular complexity index is 289. The van der Waals surface area contributed by atoms with Gasteiger partial charge in [0.25, 0.3) is 0 Å². The van der Waals surface area contributed by atoms with Crippen LogP contribution in [0.1, 0.15) is 35.9 Å². The first-order valence-electron chi connectivity index (χ1n) is 4.73. The number of nitrogen functional groups attached to an aromatic ring is 1. The van der Waals surface area contributed by atoms with Gasteiger partial charge in [-0.15, -0.1) is 11.3 Å². The fraction of sp³-hybridized carbons (Fsp3) is 0.667. The van der Waals surface area contributed by atoms with Gasteiger partial charge in [-0.3, -0.25) is 0 Å². The molecule has 0 aliphatic carbocycles. The van der Waals surface area contributed by atoms with Crippen molar-refractivity contribution in [1.29, 1.82) is 0 Å².